The van der Waals surface area contributed by atoms with Crippen LogP contribution < -0.4 is 0 Å². The van der Waals surface area contributed by atoms with Gasteiger partial charge < -0.3 is 4.98 Å². The van der Waals surface area contributed by atoms with Crippen LogP contribution in [0, 0.1) is 0 Å². The number of aromatic nitrogens is 2. The molecular weight excluding hydrogens is 240 g/mol. The fourth-order valence-corrected chi connectivity index (χ4v) is 2.06. The predicted octanol–water partition coefficient (Wildman–Crippen LogP) is 3.48. The van der Waals surface area contributed by atoms with Gasteiger partial charge in [0, 0.05) is 16.3 Å². The Kier molecular flexibility index (Phi) is 1.61. The van der Waals surface area contributed by atoms with Crippen LogP contribution in [0.15, 0.2) is 41.1 Å². The van der Waals surface area contributed by atoms with Gasteiger partial charge in [0.25, 0.3) is 0 Å². The molecule has 0 aliphatic rings. The van der Waals surface area contributed by atoms with E-state index in [1.165, 1.54) is 10.8 Å². The van der Waals surface area contributed by atoms with E-state index in [0.717, 1.165) is 15.6 Å². The number of H-pyrrole nitrogens is 1. The Morgan fingerprint density at radius 3 is 2.86 bits per heavy atom. The van der Waals surface area contributed by atoms with E-state index >= 15 is 0 Å². The summed E-state index contributed by atoms with van der Waals surface area (Å²) < 4.78 is 0.870. The molecule has 3 aromatic rings. The lowest BCUT2D eigenvalue weighted by molar-refractivity contribution is 1.30. The number of rotatable bonds is 0. The first-order valence-corrected chi connectivity index (χ1v) is 5.16. The summed E-state index contributed by atoms with van der Waals surface area (Å²) in [6.45, 7) is 0. The Bertz CT molecular complexity index is 613. The van der Waals surface area contributed by atoms with Crippen molar-refractivity contribution < 1.29 is 0 Å². The molecule has 2 aromatic heterocycles. The van der Waals surface area contributed by atoms with Crippen molar-refractivity contribution in [2.75, 3.05) is 0 Å². The number of nitrogens with zero attached hydrogens (tertiary/aromatic N) is 1. The Morgan fingerprint density at radius 2 is 1.93 bits per heavy atom. The number of aromatic amines is 1. The summed E-state index contributed by atoms with van der Waals surface area (Å²) in [6.07, 6.45) is 1.85. The molecule has 0 spiro atoms. The largest absolute Gasteiger partial charge is 0.353 e. The summed E-state index contributed by atoms with van der Waals surface area (Å²) in [5.41, 5.74) is 2.23. The molecule has 0 atom stereocenters. The smallest absolute Gasteiger partial charge is 0.106 e. The van der Waals surface area contributed by atoms with Gasteiger partial charge in [-0.25, -0.2) is 4.98 Å². The second-order valence-corrected chi connectivity index (χ2v) is 4.04. The highest BCUT2D eigenvalue weighted by molar-refractivity contribution is 9.10. The molecule has 0 radical (unpaired) electrons. The summed E-state index contributed by atoms with van der Waals surface area (Å²) in [5.74, 6) is 0. The van der Waals surface area contributed by atoms with Gasteiger partial charge in [-0.15, -0.1) is 0 Å². The van der Waals surface area contributed by atoms with Crippen LogP contribution in [0.5, 0.6) is 0 Å². The number of benzene rings is 1. The summed E-state index contributed by atoms with van der Waals surface area (Å²) in [4.78, 5) is 7.51. The van der Waals surface area contributed by atoms with E-state index in [4.69, 9.17) is 0 Å². The molecule has 2 nitrogen and oxygen atoms in total. The molecule has 1 N–H and O–H groups in total. The average Bonchev–Trinajstić information content (AvgIpc) is 2.56. The Hall–Kier alpha value is -1.35. The van der Waals surface area contributed by atoms with Gasteiger partial charge in [0.2, 0.25) is 0 Å². The Labute approximate surface area is 89.1 Å². The van der Waals surface area contributed by atoms with Crippen LogP contribution in [0.3, 0.4) is 0 Å². The predicted molar refractivity (Wildman–Crippen MR) is 61.3 cm³/mol. The highest BCUT2D eigenvalue weighted by Gasteiger charge is 2.03. The lowest BCUT2D eigenvalue weighted by atomic mass is 10.2. The zero-order valence-corrected chi connectivity index (χ0v) is 8.88. The number of hydrogen-bond acceptors (Lipinski definition) is 1. The lowest BCUT2D eigenvalue weighted by Gasteiger charge is -1.90. The minimum Gasteiger partial charge on any atom is -0.353 e. The first-order valence-electron chi connectivity index (χ1n) is 4.36. The van der Waals surface area contributed by atoms with Crippen molar-refractivity contribution in [2.45, 2.75) is 0 Å². The van der Waals surface area contributed by atoms with Crippen molar-refractivity contribution >= 4 is 37.7 Å². The number of hydrogen-bond donors (Lipinski definition) is 1. The van der Waals surface area contributed by atoms with Gasteiger partial charge in [0.05, 0.1) is 11.7 Å². The Morgan fingerprint density at radius 1 is 1.07 bits per heavy atom. The summed E-state index contributed by atoms with van der Waals surface area (Å²) in [5, 5.41) is 2.45. The average molecular weight is 247 g/mol. The third-order valence-electron chi connectivity index (χ3n) is 2.36. The van der Waals surface area contributed by atoms with Crippen molar-refractivity contribution in [3.05, 3.63) is 41.1 Å². The molecule has 0 aliphatic carbocycles. The molecule has 0 bridgehead atoms. The van der Waals surface area contributed by atoms with Crippen LogP contribution in [0.25, 0.3) is 21.8 Å². The number of para-hydroxylation sites is 1. The molecule has 68 valence electrons. The highest BCUT2D eigenvalue weighted by Crippen LogP contribution is 2.26. The van der Waals surface area contributed by atoms with E-state index in [0.29, 0.717) is 0 Å². The first kappa shape index (κ1) is 8.00. The second-order valence-electron chi connectivity index (χ2n) is 3.22. The van der Waals surface area contributed by atoms with Crippen LogP contribution in [-0.4, -0.2) is 9.97 Å². The van der Waals surface area contributed by atoms with E-state index in [1.807, 2.05) is 24.4 Å². The lowest BCUT2D eigenvalue weighted by Crippen LogP contribution is -1.73. The SMILES string of the molecule is Brc1cc2c(cn1)[nH]c1ccccc12. The molecule has 0 saturated heterocycles. The third-order valence-corrected chi connectivity index (χ3v) is 2.79. The minimum absolute atomic E-state index is 0.870. The zero-order chi connectivity index (χ0) is 9.54. The monoisotopic (exact) mass is 246 g/mol. The molecule has 3 rings (SSSR count). The number of fused-ring (bicyclic) bond motifs is 3. The third kappa shape index (κ3) is 1.06. The van der Waals surface area contributed by atoms with Crippen LogP contribution in [0.2, 0.25) is 0 Å². The summed E-state index contributed by atoms with van der Waals surface area (Å²) in [6, 6.07) is 10.3. The molecule has 0 unspecified atom stereocenters. The first-order chi connectivity index (χ1) is 6.84. The van der Waals surface area contributed by atoms with Crippen molar-refractivity contribution in [3.8, 4) is 0 Å². The van der Waals surface area contributed by atoms with Gasteiger partial charge >= 0.3 is 0 Å². The van der Waals surface area contributed by atoms with Crippen LogP contribution in [0.1, 0.15) is 0 Å². The van der Waals surface area contributed by atoms with Gasteiger partial charge in [0.15, 0.2) is 0 Å². The number of halogens is 1. The second kappa shape index (κ2) is 2.82. The zero-order valence-electron chi connectivity index (χ0n) is 7.29. The fraction of sp³-hybridized carbons (Fsp3) is 0. The van der Waals surface area contributed by atoms with Crippen LogP contribution in [0.4, 0.5) is 0 Å². The minimum atomic E-state index is 0.870. The van der Waals surface area contributed by atoms with Crippen LogP contribution >= 0.6 is 15.9 Å². The van der Waals surface area contributed by atoms with Crippen molar-refractivity contribution in [1.82, 2.24) is 9.97 Å². The van der Waals surface area contributed by atoms with E-state index in [2.05, 4.69) is 38.0 Å². The molecule has 0 aliphatic heterocycles. The fourth-order valence-electron chi connectivity index (χ4n) is 1.72. The van der Waals surface area contributed by atoms with Crippen molar-refractivity contribution in [3.63, 3.8) is 0 Å². The molecule has 0 amide bonds. The highest BCUT2D eigenvalue weighted by atomic mass is 79.9. The number of nitrogens with one attached hydrogen (secondary N) is 1. The molecule has 0 fully saturated rings. The van der Waals surface area contributed by atoms with Gasteiger partial charge in [-0.3, -0.25) is 0 Å². The Balaban J connectivity index is 2.58. The maximum Gasteiger partial charge on any atom is 0.106 e. The topological polar surface area (TPSA) is 28.7 Å². The summed E-state index contributed by atoms with van der Waals surface area (Å²) in [7, 11) is 0. The van der Waals surface area contributed by atoms with Gasteiger partial charge in [-0.2, -0.15) is 0 Å². The van der Waals surface area contributed by atoms with E-state index in [-0.39, 0.29) is 0 Å². The van der Waals surface area contributed by atoms with Gasteiger partial charge in [-0.1, -0.05) is 18.2 Å². The van der Waals surface area contributed by atoms with E-state index in [9.17, 15) is 0 Å². The molecule has 0 saturated carbocycles. The van der Waals surface area contributed by atoms with Crippen molar-refractivity contribution in [2.24, 2.45) is 0 Å². The van der Waals surface area contributed by atoms with E-state index < -0.39 is 0 Å². The van der Waals surface area contributed by atoms with Gasteiger partial charge in [-0.05, 0) is 28.1 Å². The normalized spacial score (nSPS) is 11.2. The molecule has 14 heavy (non-hydrogen) atoms. The molecule has 2 heterocycles. The molecular formula is C11H7BrN2. The quantitative estimate of drug-likeness (QED) is 0.605. The van der Waals surface area contributed by atoms with Crippen LogP contribution in [-0.2, 0) is 0 Å². The molecule has 3 heteroatoms. The molecule has 1 aromatic carbocycles. The standard InChI is InChI=1S/C11H7BrN2/c12-11-5-8-7-3-1-2-4-9(7)14-10(8)6-13-11/h1-6,14H. The number of pyridine rings is 1. The van der Waals surface area contributed by atoms with E-state index in [1.54, 1.807) is 0 Å². The maximum absolute atomic E-state index is 4.19. The van der Waals surface area contributed by atoms with Crippen molar-refractivity contribution in [1.29, 1.82) is 0 Å². The van der Waals surface area contributed by atoms with Gasteiger partial charge in [0.1, 0.15) is 4.60 Å². The maximum atomic E-state index is 4.19. The summed E-state index contributed by atoms with van der Waals surface area (Å²) >= 11 is 3.38.